The fourth-order valence-corrected chi connectivity index (χ4v) is 2.02. The SMILES string of the molecule is CCNC(=NCCc1ccc(F)cc1Cl)NC1CC1.I. The van der Waals surface area contributed by atoms with Crippen LogP contribution in [0.1, 0.15) is 25.3 Å². The molecule has 20 heavy (non-hydrogen) atoms. The van der Waals surface area contributed by atoms with Gasteiger partial charge in [-0.3, -0.25) is 4.99 Å². The molecule has 0 saturated heterocycles. The van der Waals surface area contributed by atoms with Gasteiger partial charge < -0.3 is 10.6 Å². The van der Waals surface area contributed by atoms with Gasteiger partial charge in [0.2, 0.25) is 0 Å². The van der Waals surface area contributed by atoms with Crippen LogP contribution in [0.15, 0.2) is 23.2 Å². The Hall–Kier alpha value is -0.560. The van der Waals surface area contributed by atoms with Gasteiger partial charge in [0.1, 0.15) is 5.82 Å². The van der Waals surface area contributed by atoms with Crippen LogP contribution in [-0.2, 0) is 6.42 Å². The molecule has 0 atom stereocenters. The van der Waals surface area contributed by atoms with Crippen LogP contribution in [0.25, 0.3) is 0 Å². The minimum atomic E-state index is -0.305. The van der Waals surface area contributed by atoms with Crippen LogP contribution in [-0.4, -0.2) is 25.1 Å². The van der Waals surface area contributed by atoms with E-state index in [-0.39, 0.29) is 29.8 Å². The van der Waals surface area contributed by atoms with E-state index < -0.39 is 0 Å². The van der Waals surface area contributed by atoms with Crippen molar-refractivity contribution in [3.05, 3.63) is 34.6 Å². The first-order chi connectivity index (χ1) is 9.19. The van der Waals surface area contributed by atoms with Gasteiger partial charge in [0.15, 0.2) is 5.96 Å². The molecule has 1 fully saturated rings. The summed E-state index contributed by atoms with van der Waals surface area (Å²) in [6, 6.07) is 5.06. The highest BCUT2D eigenvalue weighted by atomic mass is 127. The first-order valence-corrected chi connectivity index (χ1v) is 7.05. The van der Waals surface area contributed by atoms with E-state index in [1.54, 1.807) is 6.07 Å². The minimum Gasteiger partial charge on any atom is -0.357 e. The van der Waals surface area contributed by atoms with Gasteiger partial charge in [0.25, 0.3) is 0 Å². The Bertz CT molecular complexity index is 464. The first kappa shape index (κ1) is 17.5. The van der Waals surface area contributed by atoms with E-state index in [0.717, 1.165) is 18.1 Å². The van der Waals surface area contributed by atoms with Crippen molar-refractivity contribution in [3.63, 3.8) is 0 Å². The highest BCUT2D eigenvalue weighted by Crippen LogP contribution is 2.19. The number of aliphatic imine (C=N–C) groups is 1. The molecule has 0 bridgehead atoms. The largest absolute Gasteiger partial charge is 0.357 e. The molecule has 1 saturated carbocycles. The Morgan fingerprint density at radius 3 is 2.80 bits per heavy atom. The molecule has 0 aliphatic heterocycles. The Morgan fingerprint density at radius 1 is 1.45 bits per heavy atom. The van der Waals surface area contributed by atoms with Crippen molar-refractivity contribution >= 4 is 41.5 Å². The number of benzene rings is 1. The maximum absolute atomic E-state index is 12.9. The van der Waals surface area contributed by atoms with E-state index in [1.165, 1.54) is 25.0 Å². The maximum Gasteiger partial charge on any atom is 0.191 e. The average Bonchev–Trinajstić information content (AvgIpc) is 3.16. The molecule has 0 spiro atoms. The van der Waals surface area contributed by atoms with Crippen LogP contribution in [0.4, 0.5) is 4.39 Å². The first-order valence-electron chi connectivity index (χ1n) is 6.68. The fourth-order valence-electron chi connectivity index (χ4n) is 1.75. The molecule has 0 heterocycles. The van der Waals surface area contributed by atoms with Crippen LogP contribution < -0.4 is 10.6 Å². The van der Waals surface area contributed by atoms with Gasteiger partial charge >= 0.3 is 0 Å². The molecule has 2 rings (SSSR count). The second-order valence-corrected chi connectivity index (χ2v) is 5.07. The normalized spacial score (nSPS) is 14.7. The van der Waals surface area contributed by atoms with Gasteiger partial charge in [-0.2, -0.15) is 0 Å². The second-order valence-electron chi connectivity index (χ2n) is 4.67. The summed E-state index contributed by atoms with van der Waals surface area (Å²) < 4.78 is 12.9. The molecule has 1 aliphatic rings. The van der Waals surface area contributed by atoms with E-state index in [9.17, 15) is 4.39 Å². The minimum absolute atomic E-state index is 0. The smallest absolute Gasteiger partial charge is 0.191 e. The van der Waals surface area contributed by atoms with E-state index in [1.807, 2.05) is 6.92 Å². The molecule has 0 radical (unpaired) electrons. The highest BCUT2D eigenvalue weighted by Gasteiger charge is 2.21. The third-order valence-electron chi connectivity index (χ3n) is 2.93. The zero-order chi connectivity index (χ0) is 13.7. The van der Waals surface area contributed by atoms with E-state index in [4.69, 9.17) is 11.6 Å². The summed E-state index contributed by atoms with van der Waals surface area (Å²) in [5.74, 6) is 0.546. The molecule has 0 aromatic heterocycles. The number of hydrogen-bond donors (Lipinski definition) is 2. The summed E-state index contributed by atoms with van der Waals surface area (Å²) in [4.78, 5) is 4.49. The van der Waals surface area contributed by atoms with Crippen LogP contribution >= 0.6 is 35.6 Å². The number of guanidine groups is 1. The van der Waals surface area contributed by atoms with Crippen molar-refractivity contribution in [2.75, 3.05) is 13.1 Å². The zero-order valence-electron chi connectivity index (χ0n) is 11.5. The van der Waals surface area contributed by atoms with Gasteiger partial charge in [0, 0.05) is 24.2 Å². The summed E-state index contributed by atoms with van der Waals surface area (Å²) in [5, 5.41) is 7.03. The van der Waals surface area contributed by atoms with Crippen LogP contribution in [0.5, 0.6) is 0 Å². The predicted molar refractivity (Wildman–Crippen MR) is 92.7 cm³/mol. The molecular weight excluding hydrogens is 392 g/mol. The molecule has 6 heteroatoms. The molecule has 1 aliphatic carbocycles. The second kappa shape index (κ2) is 8.67. The van der Waals surface area contributed by atoms with Crippen LogP contribution in [0, 0.1) is 5.82 Å². The standard InChI is InChI=1S/C14H19ClFN3.HI/c1-2-17-14(19-12-5-6-12)18-8-7-10-3-4-11(16)9-13(10)15;/h3-4,9,12H,2,5-8H2,1H3,(H2,17,18,19);1H. The van der Waals surface area contributed by atoms with Crippen molar-refractivity contribution in [1.82, 2.24) is 10.6 Å². The van der Waals surface area contributed by atoms with Gasteiger partial charge in [-0.25, -0.2) is 4.39 Å². The summed E-state index contributed by atoms with van der Waals surface area (Å²) in [5.41, 5.74) is 0.925. The summed E-state index contributed by atoms with van der Waals surface area (Å²) in [6.07, 6.45) is 3.14. The molecular formula is C14H20ClFIN3. The fraction of sp³-hybridized carbons (Fsp3) is 0.500. The number of halogens is 3. The van der Waals surface area contributed by atoms with Gasteiger partial charge in [0.05, 0.1) is 0 Å². The van der Waals surface area contributed by atoms with E-state index in [2.05, 4.69) is 15.6 Å². The Kier molecular flexibility index (Phi) is 7.58. The quantitative estimate of drug-likeness (QED) is 0.443. The lowest BCUT2D eigenvalue weighted by Gasteiger charge is -2.10. The maximum atomic E-state index is 12.9. The average molecular weight is 412 g/mol. The predicted octanol–water partition coefficient (Wildman–Crippen LogP) is 3.36. The summed E-state index contributed by atoms with van der Waals surface area (Å²) in [6.45, 7) is 3.52. The number of hydrogen-bond acceptors (Lipinski definition) is 1. The molecule has 0 unspecified atom stereocenters. The van der Waals surface area contributed by atoms with Gasteiger partial charge in [-0.05, 0) is 43.9 Å². The van der Waals surface area contributed by atoms with Crippen LogP contribution in [0.3, 0.4) is 0 Å². The molecule has 2 N–H and O–H groups in total. The molecule has 3 nitrogen and oxygen atoms in total. The lowest BCUT2D eigenvalue weighted by Crippen LogP contribution is -2.38. The van der Waals surface area contributed by atoms with Crippen LogP contribution in [0.2, 0.25) is 5.02 Å². The molecule has 1 aromatic carbocycles. The van der Waals surface area contributed by atoms with Crippen molar-refractivity contribution < 1.29 is 4.39 Å². The van der Waals surface area contributed by atoms with E-state index in [0.29, 0.717) is 24.0 Å². The third-order valence-corrected chi connectivity index (χ3v) is 3.28. The Labute approximate surface area is 141 Å². The zero-order valence-corrected chi connectivity index (χ0v) is 14.5. The molecule has 1 aromatic rings. The van der Waals surface area contributed by atoms with E-state index >= 15 is 0 Å². The monoisotopic (exact) mass is 411 g/mol. The Morgan fingerprint density at radius 2 is 2.20 bits per heavy atom. The summed E-state index contributed by atoms with van der Waals surface area (Å²) in [7, 11) is 0. The highest BCUT2D eigenvalue weighted by molar-refractivity contribution is 14.0. The topological polar surface area (TPSA) is 36.4 Å². The Balaban J connectivity index is 0.00000200. The molecule has 112 valence electrons. The number of nitrogens with zero attached hydrogens (tertiary/aromatic N) is 1. The van der Waals surface area contributed by atoms with Crippen molar-refractivity contribution in [2.45, 2.75) is 32.2 Å². The third kappa shape index (κ3) is 5.83. The lowest BCUT2D eigenvalue weighted by atomic mass is 10.1. The van der Waals surface area contributed by atoms with Crippen molar-refractivity contribution in [2.24, 2.45) is 4.99 Å². The number of rotatable bonds is 5. The lowest BCUT2D eigenvalue weighted by molar-refractivity contribution is 0.627. The van der Waals surface area contributed by atoms with Gasteiger partial charge in [-0.15, -0.1) is 24.0 Å². The summed E-state index contributed by atoms with van der Waals surface area (Å²) >= 11 is 5.98. The van der Waals surface area contributed by atoms with Crippen molar-refractivity contribution in [3.8, 4) is 0 Å². The van der Waals surface area contributed by atoms with Crippen molar-refractivity contribution in [1.29, 1.82) is 0 Å². The van der Waals surface area contributed by atoms with Gasteiger partial charge in [-0.1, -0.05) is 17.7 Å². The number of nitrogens with one attached hydrogen (secondary N) is 2. The molecule has 0 amide bonds.